The first-order valence-corrected chi connectivity index (χ1v) is 16.3. The van der Waals surface area contributed by atoms with E-state index in [2.05, 4.69) is 16.8 Å². The Bertz CT molecular complexity index is 1790. The van der Waals surface area contributed by atoms with Crippen LogP contribution < -0.4 is 19.1 Å². The molecule has 6 rings (SSSR count). The highest BCUT2D eigenvalue weighted by Gasteiger charge is 2.48. The second kappa shape index (κ2) is 13.2. The minimum absolute atomic E-state index is 0.00754. The van der Waals surface area contributed by atoms with E-state index in [1.807, 2.05) is 44.2 Å². The molecule has 4 aromatic rings. The summed E-state index contributed by atoms with van der Waals surface area (Å²) in [6.45, 7) is 8.16. The van der Waals surface area contributed by atoms with E-state index in [0.717, 1.165) is 16.9 Å². The van der Waals surface area contributed by atoms with Crippen LogP contribution in [0.3, 0.4) is 0 Å². The van der Waals surface area contributed by atoms with E-state index in [9.17, 15) is 14.7 Å². The molecular weight excluding hydrogens is 611 g/mol. The number of hydrogen-bond donors (Lipinski definition) is 1. The van der Waals surface area contributed by atoms with Crippen molar-refractivity contribution in [3.05, 3.63) is 107 Å². The Morgan fingerprint density at radius 3 is 2.71 bits per heavy atom. The number of aromatic nitrogens is 2. The molecule has 230 valence electrons. The van der Waals surface area contributed by atoms with Gasteiger partial charge in [0.25, 0.3) is 5.78 Å². The summed E-state index contributed by atoms with van der Waals surface area (Å²) < 4.78 is 18.1. The Hall–Kier alpha value is -4.61. The molecule has 0 spiro atoms. The zero-order chi connectivity index (χ0) is 31.5. The van der Waals surface area contributed by atoms with Crippen LogP contribution in [0.5, 0.6) is 17.2 Å². The van der Waals surface area contributed by atoms with Crippen molar-refractivity contribution in [3.8, 4) is 17.2 Å². The summed E-state index contributed by atoms with van der Waals surface area (Å²) in [4.78, 5) is 28.8. The number of aliphatic hydroxyl groups is 1. The van der Waals surface area contributed by atoms with Crippen molar-refractivity contribution in [2.75, 3.05) is 18.1 Å². The molecule has 3 heterocycles. The van der Waals surface area contributed by atoms with E-state index < -0.39 is 17.7 Å². The van der Waals surface area contributed by atoms with Gasteiger partial charge in [-0.25, -0.2) is 0 Å². The van der Waals surface area contributed by atoms with E-state index in [-0.39, 0.29) is 29.2 Å². The predicted molar refractivity (Wildman–Crippen MR) is 174 cm³/mol. The first kappa shape index (κ1) is 30.4. The summed E-state index contributed by atoms with van der Waals surface area (Å²) in [7, 11) is 0. The summed E-state index contributed by atoms with van der Waals surface area (Å²) in [5.41, 5.74) is 2.95. The number of hydrogen-bond acceptors (Lipinski definition) is 10. The first-order valence-electron chi connectivity index (χ1n) is 14.5. The maximum Gasteiger partial charge on any atom is 0.301 e. The summed E-state index contributed by atoms with van der Waals surface area (Å²) >= 11 is 2.70. The van der Waals surface area contributed by atoms with Crippen molar-refractivity contribution in [1.29, 1.82) is 0 Å². The third-order valence-corrected chi connectivity index (χ3v) is 9.49. The van der Waals surface area contributed by atoms with Gasteiger partial charge in [-0.15, -0.1) is 10.2 Å². The van der Waals surface area contributed by atoms with Gasteiger partial charge >= 0.3 is 5.91 Å². The predicted octanol–water partition coefficient (Wildman–Crippen LogP) is 6.74. The van der Waals surface area contributed by atoms with Gasteiger partial charge in [0.05, 0.1) is 18.2 Å². The molecule has 2 unspecified atom stereocenters. The number of Topliss-reactive ketones (excluding diaryl/α,β-unsaturated/α-hetero) is 1. The quantitative estimate of drug-likeness (QED) is 0.0475. The van der Waals surface area contributed by atoms with Gasteiger partial charge in [-0.3, -0.25) is 14.5 Å². The van der Waals surface area contributed by atoms with E-state index in [1.54, 1.807) is 42.5 Å². The SMILES string of the molecule is C=CCOc1ccc(C2C(=C(O)c3ccc4c(c3)CC(C)O4)C(=O)C(=O)N2c2nnc(SCc3ccccc3)s2)cc1OCC. The van der Waals surface area contributed by atoms with E-state index >= 15 is 0 Å². The standard InChI is InChI=1S/C34H31N3O6S2/c1-4-15-42-26-14-11-22(18-27(26)41-5-2)29-28(30(38)23-12-13-25-24(17-23)16-20(3)43-25)31(39)32(40)37(29)33-35-36-34(45-33)44-19-21-9-7-6-8-10-21/h4,6-14,17-18,20,29,38H,1,5,15-16,19H2,2-3H3. The van der Waals surface area contributed by atoms with Gasteiger partial charge in [0, 0.05) is 17.7 Å². The Morgan fingerprint density at radius 2 is 1.93 bits per heavy atom. The van der Waals surface area contributed by atoms with Crippen molar-refractivity contribution in [2.45, 2.75) is 42.5 Å². The van der Waals surface area contributed by atoms with Crippen molar-refractivity contribution >= 4 is 45.7 Å². The molecule has 11 heteroatoms. The van der Waals surface area contributed by atoms with Gasteiger partial charge in [0.1, 0.15) is 24.2 Å². The number of aliphatic hydroxyl groups excluding tert-OH is 1. The molecule has 0 aliphatic carbocycles. The van der Waals surface area contributed by atoms with Crippen molar-refractivity contribution in [2.24, 2.45) is 0 Å². The minimum Gasteiger partial charge on any atom is -0.507 e. The van der Waals surface area contributed by atoms with Gasteiger partial charge in [-0.1, -0.05) is 72.2 Å². The molecule has 1 fully saturated rings. The number of amides is 1. The van der Waals surface area contributed by atoms with Crippen LogP contribution in [0, 0.1) is 0 Å². The number of thioether (sulfide) groups is 1. The number of fused-ring (bicyclic) bond motifs is 1. The molecule has 45 heavy (non-hydrogen) atoms. The lowest BCUT2D eigenvalue weighted by molar-refractivity contribution is -0.132. The van der Waals surface area contributed by atoms with Crippen molar-refractivity contribution < 1.29 is 28.9 Å². The van der Waals surface area contributed by atoms with Crippen LogP contribution in [-0.4, -0.2) is 46.3 Å². The van der Waals surface area contributed by atoms with Crippen LogP contribution in [0.4, 0.5) is 5.13 Å². The maximum absolute atomic E-state index is 13.8. The minimum atomic E-state index is -0.999. The summed E-state index contributed by atoms with van der Waals surface area (Å²) in [5.74, 6) is 0.422. The molecule has 2 atom stereocenters. The Labute approximate surface area is 269 Å². The summed E-state index contributed by atoms with van der Waals surface area (Å²) in [6, 6.07) is 19.4. The topological polar surface area (TPSA) is 111 Å². The van der Waals surface area contributed by atoms with Gasteiger partial charge in [0.15, 0.2) is 15.8 Å². The molecular formula is C34H31N3O6S2. The normalized spacial score (nSPS) is 18.5. The number of ketones is 1. The third-order valence-electron chi connectivity index (χ3n) is 7.36. The fraction of sp³-hybridized carbons (Fsp3) is 0.235. The molecule has 1 amide bonds. The summed E-state index contributed by atoms with van der Waals surface area (Å²) in [6.07, 6.45) is 2.31. The highest BCUT2D eigenvalue weighted by molar-refractivity contribution is 8.00. The number of nitrogens with zero attached hydrogens (tertiary/aromatic N) is 3. The van der Waals surface area contributed by atoms with Crippen molar-refractivity contribution in [1.82, 2.24) is 10.2 Å². The van der Waals surface area contributed by atoms with Crippen LogP contribution in [0.15, 0.2) is 89.3 Å². The summed E-state index contributed by atoms with van der Waals surface area (Å²) in [5, 5.41) is 20.6. The maximum atomic E-state index is 13.8. The molecule has 0 radical (unpaired) electrons. The van der Waals surface area contributed by atoms with Gasteiger partial charge in [-0.05, 0) is 60.9 Å². The van der Waals surface area contributed by atoms with E-state index in [0.29, 0.717) is 45.7 Å². The van der Waals surface area contributed by atoms with Gasteiger partial charge in [0.2, 0.25) is 5.13 Å². The lowest BCUT2D eigenvalue weighted by Crippen LogP contribution is -2.29. The van der Waals surface area contributed by atoms with Crippen molar-refractivity contribution in [3.63, 3.8) is 0 Å². The number of ether oxygens (including phenoxy) is 3. The zero-order valence-electron chi connectivity index (χ0n) is 24.8. The molecule has 1 aromatic heterocycles. The van der Waals surface area contributed by atoms with Crippen LogP contribution in [0.25, 0.3) is 5.76 Å². The number of rotatable bonds is 11. The molecule has 0 saturated carbocycles. The lowest BCUT2D eigenvalue weighted by Gasteiger charge is -2.23. The molecule has 3 aromatic carbocycles. The molecule has 9 nitrogen and oxygen atoms in total. The zero-order valence-corrected chi connectivity index (χ0v) is 26.4. The van der Waals surface area contributed by atoms with Gasteiger partial charge in [-0.2, -0.15) is 0 Å². The number of carbonyl (C=O) groups is 2. The molecule has 2 aliphatic heterocycles. The smallest absolute Gasteiger partial charge is 0.301 e. The first-order chi connectivity index (χ1) is 21.9. The number of benzene rings is 3. The third kappa shape index (κ3) is 6.18. The van der Waals surface area contributed by atoms with E-state index in [1.165, 1.54) is 28.0 Å². The molecule has 0 bridgehead atoms. The monoisotopic (exact) mass is 641 g/mol. The van der Waals surface area contributed by atoms with Crippen LogP contribution in [0.2, 0.25) is 0 Å². The average Bonchev–Trinajstić information content (AvgIpc) is 3.74. The fourth-order valence-electron chi connectivity index (χ4n) is 5.38. The Morgan fingerprint density at radius 1 is 1.11 bits per heavy atom. The largest absolute Gasteiger partial charge is 0.507 e. The number of carbonyl (C=O) groups excluding carboxylic acids is 2. The lowest BCUT2D eigenvalue weighted by atomic mass is 9.94. The van der Waals surface area contributed by atoms with Crippen LogP contribution in [-0.2, 0) is 21.8 Å². The fourth-order valence-corrected chi connectivity index (χ4v) is 7.20. The molecule has 2 aliphatic rings. The Kier molecular flexibility index (Phi) is 8.90. The average molecular weight is 642 g/mol. The highest BCUT2D eigenvalue weighted by atomic mass is 32.2. The molecule has 1 saturated heterocycles. The molecule has 1 N–H and O–H groups in total. The highest BCUT2D eigenvalue weighted by Crippen LogP contribution is 2.46. The van der Waals surface area contributed by atoms with Crippen LogP contribution >= 0.6 is 23.1 Å². The van der Waals surface area contributed by atoms with Gasteiger partial charge < -0.3 is 19.3 Å². The second-order valence-electron chi connectivity index (χ2n) is 10.5. The van der Waals surface area contributed by atoms with E-state index in [4.69, 9.17) is 14.2 Å². The van der Waals surface area contributed by atoms with Crippen LogP contribution in [0.1, 0.15) is 42.1 Å². The second-order valence-corrected chi connectivity index (χ2v) is 12.7. The number of anilines is 1. The Balaban J connectivity index is 1.43.